The molecule has 0 spiro atoms. The Morgan fingerprint density at radius 1 is 0.618 bits per heavy atom. The molecule has 0 aromatic heterocycles. The fraction of sp³-hybridized carbons (Fsp3) is 0.941. The molecule has 0 aromatic carbocycles. The van der Waals surface area contributed by atoms with Crippen molar-refractivity contribution >= 4 is 11.8 Å². The van der Waals surface area contributed by atoms with Crippen LogP contribution >= 0.6 is 0 Å². The number of amides is 2. The van der Waals surface area contributed by atoms with Crippen LogP contribution in [0.3, 0.4) is 0 Å². The Morgan fingerprint density at radius 2 is 1.09 bits per heavy atom. The van der Waals surface area contributed by atoms with E-state index in [0.29, 0.717) is 0 Å². The summed E-state index contributed by atoms with van der Waals surface area (Å²) in [4.78, 5) is 23.7. The maximum absolute atomic E-state index is 11.9. The van der Waals surface area contributed by atoms with Crippen molar-refractivity contribution < 1.29 is 93.4 Å². The lowest BCUT2D eigenvalue weighted by molar-refractivity contribution is -0.362. The van der Waals surface area contributed by atoms with Gasteiger partial charge in [-0.3, -0.25) is 9.59 Å². The van der Waals surface area contributed by atoms with E-state index in [1.54, 1.807) is 6.92 Å². The van der Waals surface area contributed by atoms with Crippen LogP contribution in [0, 0.1) is 0 Å². The Morgan fingerprint density at radius 3 is 1.60 bits per heavy atom. The number of carbonyl (C=O) groups excluding carboxylic acids is 2. The molecule has 0 saturated carbocycles. The van der Waals surface area contributed by atoms with Gasteiger partial charge in [-0.2, -0.15) is 0 Å². The molecule has 0 radical (unpaired) electrons. The Hall–Kier alpha value is -1.74. The van der Waals surface area contributed by atoms with Crippen molar-refractivity contribution in [3.63, 3.8) is 0 Å². The van der Waals surface area contributed by atoms with Gasteiger partial charge in [0.05, 0.1) is 49.2 Å². The van der Waals surface area contributed by atoms with Gasteiger partial charge in [-0.05, 0) is 34.6 Å². The molecule has 0 aromatic rings. The molecule has 2 amide bonds. The summed E-state index contributed by atoms with van der Waals surface area (Å²) in [7, 11) is 0. The average molecular weight is 801 g/mol. The second-order valence-corrected chi connectivity index (χ2v) is 14.9. The van der Waals surface area contributed by atoms with Crippen molar-refractivity contribution in [1.82, 2.24) is 10.6 Å². The number of nitrogens with one attached hydrogen (secondary N) is 2. The van der Waals surface area contributed by atoms with Crippen LogP contribution in [0.4, 0.5) is 0 Å². The monoisotopic (exact) mass is 800 g/mol. The lowest BCUT2D eigenvalue weighted by Crippen LogP contribution is -2.64. The van der Waals surface area contributed by atoms with Crippen molar-refractivity contribution in [2.45, 2.75) is 196 Å². The Kier molecular flexibility index (Phi) is 16.6. The van der Waals surface area contributed by atoms with Gasteiger partial charge in [0.1, 0.15) is 67.1 Å². The normalized spacial score (nSPS) is 44.9. The zero-order valence-electron chi connectivity index (χ0n) is 31.9. The molecule has 21 nitrogen and oxygen atoms in total. The second-order valence-electron chi connectivity index (χ2n) is 14.9. The molecule has 0 bridgehead atoms. The summed E-state index contributed by atoms with van der Waals surface area (Å²) in [5.41, 5.74) is 0. The van der Waals surface area contributed by atoms with E-state index >= 15 is 0 Å². The molecule has 0 unspecified atom stereocenters. The quantitative estimate of drug-likeness (QED) is 0.0785. The van der Waals surface area contributed by atoms with E-state index in [-0.39, 0.29) is 12.8 Å². The number of aliphatic hydroxyl groups excluding tert-OH is 9. The molecule has 11 N–H and O–H groups in total. The highest BCUT2D eigenvalue weighted by molar-refractivity contribution is 5.73. The summed E-state index contributed by atoms with van der Waals surface area (Å²) in [5, 5.41) is 102. The largest absolute Gasteiger partial charge is 0.394 e. The van der Waals surface area contributed by atoms with Crippen LogP contribution < -0.4 is 10.6 Å². The number of hydrogen-bond acceptors (Lipinski definition) is 19. The van der Waals surface area contributed by atoms with Gasteiger partial charge in [-0.25, -0.2) is 0 Å². The summed E-state index contributed by atoms with van der Waals surface area (Å²) in [6.45, 7) is 8.93. The topological polar surface area (TPSA) is 314 Å². The number of aliphatic hydroxyl groups is 9. The zero-order valence-corrected chi connectivity index (χ0v) is 31.9. The highest BCUT2D eigenvalue weighted by Crippen LogP contribution is 2.33. The third kappa shape index (κ3) is 11.3. The fourth-order valence-corrected chi connectivity index (χ4v) is 7.23. The molecule has 55 heavy (non-hydrogen) atoms. The van der Waals surface area contributed by atoms with Crippen molar-refractivity contribution in [2.24, 2.45) is 0 Å². The third-order valence-electron chi connectivity index (χ3n) is 10.3. The predicted octanol–water partition coefficient (Wildman–Crippen LogP) is -4.80. The summed E-state index contributed by atoms with van der Waals surface area (Å²) in [5.74, 6) is -0.848. The minimum atomic E-state index is -1.81. The summed E-state index contributed by atoms with van der Waals surface area (Å²) < 4.78 is 47.5. The Balaban J connectivity index is 1.62. The number of hydrogen-bond donors (Lipinski definition) is 11. The van der Waals surface area contributed by atoms with Gasteiger partial charge in [-0.15, -0.1) is 0 Å². The van der Waals surface area contributed by atoms with E-state index in [2.05, 4.69) is 10.6 Å². The SMILES string of the molecule is CC(=O)N[C@@H]1C[C@H](O[C@@H]2[C@@H](O)[C@H](O[C@@H]([C@H](O[C@H]3C[C@@H](NC(C)=O)[C@H](O)[C@@H](C)O3)[C@H](CO)O[C@@H]3O[C@H](C)[C@@H](O)[C@H](O)[C@H]3O)[C@@H](C)O)O[C@H](C)[C@H]2O)O[C@H](C)[C@H]1O. The van der Waals surface area contributed by atoms with Crippen LogP contribution in [-0.2, 0) is 47.5 Å². The molecule has 320 valence electrons. The minimum Gasteiger partial charge on any atom is -0.394 e. The van der Waals surface area contributed by atoms with Gasteiger partial charge >= 0.3 is 0 Å². The molecule has 21 heteroatoms. The molecular formula is C34H60N2O19. The van der Waals surface area contributed by atoms with E-state index in [9.17, 15) is 55.5 Å². The first-order valence-electron chi connectivity index (χ1n) is 18.6. The molecule has 4 saturated heterocycles. The van der Waals surface area contributed by atoms with Crippen LogP contribution in [0.25, 0.3) is 0 Å². The summed E-state index contributed by atoms with van der Waals surface area (Å²) >= 11 is 0. The maximum Gasteiger partial charge on any atom is 0.217 e. The van der Waals surface area contributed by atoms with Crippen molar-refractivity contribution in [3.8, 4) is 0 Å². The molecule has 4 rings (SSSR count). The highest BCUT2D eigenvalue weighted by atomic mass is 16.8. The van der Waals surface area contributed by atoms with Crippen LogP contribution in [-0.4, -0.2) is 199 Å². The summed E-state index contributed by atoms with van der Waals surface area (Å²) in [6.07, 6.45) is -27.8. The van der Waals surface area contributed by atoms with Gasteiger partial charge in [0.25, 0.3) is 0 Å². The van der Waals surface area contributed by atoms with E-state index in [4.69, 9.17) is 37.9 Å². The average Bonchev–Trinajstić information content (AvgIpc) is 3.10. The van der Waals surface area contributed by atoms with E-state index in [1.807, 2.05) is 0 Å². The van der Waals surface area contributed by atoms with Crippen LogP contribution in [0.5, 0.6) is 0 Å². The third-order valence-corrected chi connectivity index (χ3v) is 10.3. The van der Waals surface area contributed by atoms with Crippen LogP contribution in [0.2, 0.25) is 0 Å². The fourth-order valence-electron chi connectivity index (χ4n) is 7.23. The molecular weight excluding hydrogens is 740 g/mol. The first kappa shape index (κ1) is 46.0. The smallest absolute Gasteiger partial charge is 0.217 e. The molecule has 4 aliphatic heterocycles. The van der Waals surface area contributed by atoms with E-state index in [1.165, 1.54) is 41.5 Å². The molecule has 4 fully saturated rings. The lowest BCUT2D eigenvalue weighted by Gasteiger charge is -2.47. The van der Waals surface area contributed by atoms with Crippen LogP contribution in [0.1, 0.15) is 61.3 Å². The standard InChI is InChI=1S/C34H60N2O19/c1-11(38)30(55-34-29(47)32(26(44)15(5)51-34)54-22-9-19(36-17(7)40)24(42)13(3)49-22)31(53-21-8-18(35-16(6)39)23(41)12(2)48-21)20(10-37)52-33-28(46)27(45)25(43)14(4)50-33/h11-15,18-34,37-38,41-47H,8-10H2,1-7H3,(H,35,39)(H,36,40)/t11-,12-,13-,14-,15-,18-,19-,20+,21+,22+,23-,24-,25-,26-,27+,28-,29-,30-,31-,32+,33+,34+/m1/s1. The number of ether oxygens (including phenoxy) is 8. The van der Waals surface area contributed by atoms with Gasteiger partial charge in [0, 0.05) is 26.7 Å². The van der Waals surface area contributed by atoms with E-state index in [0.717, 1.165) is 0 Å². The van der Waals surface area contributed by atoms with Gasteiger partial charge in [0.15, 0.2) is 25.2 Å². The minimum absolute atomic E-state index is 0.0447. The van der Waals surface area contributed by atoms with Gasteiger partial charge < -0.3 is 94.5 Å². The second kappa shape index (κ2) is 19.8. The first-order valence-corrected chi connectivity index (χ1v) is 18.6. The lowest BCUT2D eigenvalue weighted by atomic mass is 9.97. The molecule has 22 atom stereocenters. The zero-order chi connectivity index (χ0) is 41.0. The Labute approximate surface area is 318 Å². The number of rotatable bonds is 14. The first-order chi connectivity index (χ1) is 25.7. The van der Waals surface area contributed by atoms with Crippen molar-refractivity contribution in [3.05, 3.63) is 0 Å². The van der Waals surface area contributed by atoms with E-state index < -0.39 is 153 Å². The highest BCUT2D eigenvalue weighted by Gasteiger charge is 2.51. The van der Waals surface area contributed by atoms with Crippen molar-refractivity contribution in [1.29, 1.82) is 0 Å². The van der Waals surface area contributed by atoms with Gasteiger partial charge in [-0.1, -0.05) is 0 Å². The van der Waals surface area contributed by atoms with Crippen molar-refractivity contribution in [2.75, 3.05) is 6.61 Å². The predicted molar refractivity (Wildman–Crippen MR) is 182 cm³/mol. The van der Waals surface area contributed by atoms with Gasteiger partial charge in [0.2, 0.25) is 11.8 Å². The Bertz CT molecular complexity index is 1240. The summed E-state index contributed by atoms with van der Waals surface area (Å²) in [6, 6.07) is -1.62. The molecule has 4 aliphatic rings. The maximum atomic E-state index is 11.9. The molecule has 0 aliphatic carbocycles. The molecule has 4 heterocycles. The number of carbonyl (C=O) groups is 2. The van der Waals surface area contributed by atoms with Crippen LogP contribution in [0.15, 0.2) is 0 Å².